The van der Waals surface area contributed by atoms with Gasteiger partial charge in [0.05, 0.1) is 0 Å². The summed E-state index contributed by atoms with van der Waals surface area (Å²) in [5.41, 5.74) is 2.29. The molecule has 0 aromatic heterocycles. The Morgan fingerprint density at radius 2 is 1.91 bits per heavy atom. The van der Waals surface area contributed by atoms with Crippen molar-refractivity contribution in [2.75, 3.05) is 7.05 Å². The SMILES string of the molecule is C=C(C=C(C)C)N(C)/C=C/C. The molecular formula is C10H17N. The Morgan fingerprint density at radius 3 is 2.27 bits per heavy atom. The lowest BCUT2D eigenvalue weighted by Crippen LogP contribution is -2.06. The Labute approximate surface area is 69.7 Å². The number of likely N-dealkylation sites (N-methyl/N-ethyl adjacent to an activating group) is 1. The van der Waals surface area contributed by atoms with Crippen LogP contribution < -0.4 is 0 Å². The fourth-order valence-corrected chi connectivity index (χ4v) is 0.754. The Hall–Kier alpha value is -0.980. The zero-order valence-electron chi connectivity index (χ0n) is 7.89. The van der Waals surface area contributed by atoms with Gasteiger partial charge in [0.1, 0.15) is 0 Å². The van der Waals surface area contributed by atoms with Gasteiger partial charge >= 0.3 is 0 Å². The average Bonchev–Trinajstić information content (AvgIpc) is 1.86. The molecular weight excluding hydrogens is 134 g/mol. The molecule has 0 rings (SSSR count). The summed E-state index contributed by atoms with van der Waals surface area (Å²) in [5, 5.41) is 0. The highest BCUT2D eigenvalue weighted by molar-refractivity contribution is 5.18. The summed E-state index contributed by atoms with van der Waals surface area (Å²) >= 11 is 0. The third-order valence-corrected chi connectivity index (χ3v) is 1.28. The van der Waals surface area contributed by atoms with E-state index < -0.39 is 0 Å². The standard InChI is InChI=1S/C10H17N/c1-6-7-11(5)10(4)8-9(2)3/h6-8H,4H2,1-3,5H3/b7-6+. The van der Waals surface area contributed by atoms with E-state index in [-0.39, 0.29) is 0 Å². The first-order chi connectivity index (χ1) is 5.07. The second kappa shape index (κ2) is 4.78. The topological polar surface area (TPSA) is 3.24 Å². The first kappa shape index (κ1) is 10.0. The monoisotopic (exact) mass is 151 g/mol. The van der Waals surface area contributed by atoms with Crippen molar-refractivity contribution < 1.29 is 0 Å². The third-order valence-electron chi connectivity index (χ3n) is 1.28. The normalized spacial score (nSPS) is 9.82. The summed E-state index contributed by atoms with van der Waals surface area (Å²) < 4.78 is 0. The maximum absolute atomic E-state index is 3.91. The highest BCUT2D eigenvalue weighted by Gasteiger charge is 1.91. The molecule has 62 valence electrons. The van der Waals surface area contributed by atoms with Gasteiger partial charge in [-0.1, -0.05) is 18.2 Å². The molecule has 0 aliphatic carbocycles. The lowest BCUT2D eigenvalue weighted by atomic mass is 10.3. The fourth-order valence-electron chi connectivity index (χ4n) is 0.754. The molecule has 0 saturated heterocycles. The molecule has 0 atom stereocenters. The van der Waals surface area contributed by atoms with Crippen LogP contribution in [0, 0.1) is 0 Å². The number of rotatable bonds is 3. The van der Waals surface area contributed by atoms with Gasteiger partial charge in [0.15, 0.2) is 0 Å². The summed E-state index contributed by atoms with van der Waals surface area (Å²) in [6.45, 7) is 10.0. The Kier molecular flexibility index (Phi) is 4.35. The highest BCUT2D eigenvalue weighted by atomic mass is 15.1. The largest absolute Gasteiger partial charge is 0.352 e. The first-order valence-corrected chi connectivity index (χ1v) is 3.77. The van der Waals surface area contributed by atoms with E-state index in [1.807, 2.05) is 31.1 Å². The average molecular weight is 151 g/mol. The van der Waals surface area contributed by atoms with Crippen molar-refractivity contribution in [3.05, 3.63) is 36.2 Å². The van der Waals surface area contributed by atoms with Crippen molar-refractivity contribution in [1.82, 2.24) is 4.90 Å². The van der Waals surface area contributed by atoms with Crippen LogP contribution in [0.2, 0.25) is 0 Å². The third kappa shape index (κ3) is 4.43. The van der Waals surface area contributed by atoms with Gasteiger partial charge in [-0.05, 0) is 33.0 Å². The molecule has 0 saturated carbocycles. The minimum Gasteiger partial charge on any atom is -0.352 e. The minimum atomic E-state index is 1.02. The van der Waals surface area contributed by atoms with Gasteiger partial charge < -0.3 is 4.90 Å². The lowest BCUT2D eigenvalue weighted by molar-refractivity contribution is 0.589. The van der Waals surface area contributed by atoms with Gasteiger partial charge in [0.2, 0.25) is 0 Å². The summed E-state index contributed by atoms with van der Waals surface area (Å²) in [4.78, 5) is 1.99. The van der Waals surface area contributed by atoms with Gasteiger partial charge in [-0.2, -0.15) is 0 Å². The molecule has 0 aromatic carbocycles. The molecule has 0 amide bonds. The van der Waals surface area contributed by atoms with Crippen LogP contribution in [-0.4, -0.2) is 11.9 Å². The molecule has 0 N–H and O–H groups in total. The summed E-state index contributed by atoms with van der Waals surface area (Å²) in [6, 6.07) is 0. The number of hydrogen-bond acceptors (Lipinski definition) is 1. The molecule has 0 heterocycles. The molecule has 1 heteroatoms. The molecule has 0 aromatic rings. The zero-order valence-corrected chi connectivity index (χ0v) is 7.89. The lowest BCUT2D eigenvalue weighted by Gasteiger charge is -2.13. The molecule has 0 radical (unpaired) electrons. The van der Waals surface area contributed by atoms with E-state index in [1.165, 1.54) is 5.57 Å². The first-order valence-electron chi connectivity index (χ1n) is 3.77. The molecule has 0 bridgehead atoms. The highest BCUT2D eigenvalue weighted by Crippen LogP contribution is 2.03. The van der Waals surface area contributed by atoms with E-state index in [0.717, 1.165) is 5.70 Å². The van der Waals surface area contributed by atoms with E-state index in [0.29, 0.717) is 0 Å². The van der Waals surface area contributed by atoms with Gasteiger partial charge in [-0.15, -0.1) is 0 Å². The molecule has 0 aliphatic rings. The van der Waals surface area contributed by atoms with Crippen LogP contribution in [-0.2, 0) is 0 Å². The van der Waals surface area contributed by atoms with E-state index in [1.54, 1.807) is 0 Å². The zero-order chi connectivity index (χ0) is 8.85. The number of allylic oxidation sites excluding steroid dienone is 3. The Morgan fingerprint density at radius 1 is 1.36 bits per heavy atom. The predicted octanol–water partition coefficient (Wildman–Crippen LogP) is 2.93. The number of nitrogens with zero attached hydrogens (tertiary/aromatic N) is 1. The second-order valence-electron chi connectivity index (χ2n) is 2.81. The maximum atomic E-state index is 3.91. The molecule has 11 heavy (non-hydrogen) atoms. The molecule has 1 nitrogen and oxygen atoms in total. The van der Waals surface area contributed by atoms with E-state index in [2.05, 4.69) is 26.5 Å². The van der Waals surface area contributed by atoms with Gasteiger partial charge in [0.25, 0.3) is 0 Å². The molecule has 0 unspecified atom stereocenters. The maximum Gasteiger partial charge on any atom is 0.0329 e. The van der Waals surface area contributed by atoms with Crippen LogP contribution in [0.4, 0.5) is 0 Å². The van der Waals surface area contributed by atoms with Crippen molar-refractivity contribution in [1.29, 1.82) is 0 Å². The predicted molar refractivity (Wildman–Crippen MR) is 51.1 cm³/mol. The van der Waals surface area contributed by atoms with Crippen LogP contribution in [0.25, 0.3) is 0 Å². The minimum absolute atomic E-state index is 1.02. The van der Waals surface area contributed by atoms with E-state index in [9.17, 15) is 0 Å². The van der Waals surface area contributed by atoms with Crippen molar-refractivity contribution in [2.45, 2.75) is 20.8 Å². The molecule has 0 aliphatic heterocycles. The second-order valence-corrected chi connectivity index (χ2v) is 2.81. The molecule has 0 spiro atoms. The van der Waals surface area contributed by atoms with Crippen molar-refractivity contribution in [3.63, 3.8) is 0 Å². The van der Waals surface area contributed by atoms with Crippen LogP contribution >= 0.6 is 0 Å². The van der Waals surface area contributed by atoms with Gasteiger partial charge in [-0.25, -0.2) is 0 Å². The summed E-state index contributed by atoms with van der Waals surface area (Å²) in [5.74, 6) is 0. The number of hydrogen-bond donors (Lipinski definition) is 0. The van der Waals surface area contributed by atoms with E-state index >= 15 is 0 Å². The van der Waals surface area contributed by atoms with E-state index in [4.69, 9.17) is 0 Å². The fraction of sp³-hybridized carbons (Fsp3) is 0.400. The van der Waals surface area contributed by atoms with Crippen molar-refractivity contribution in [3.8, 4) is 0 Å². The van der Waals surface area contributed by atoms with Gasteiger partial charge in [0, 0.05) is 12.7 Å². The Balaban J connectivity index is 4.15. The Bertz CT molecular complexity index is 183. The quantitative estimate of drug-likeness (QED) is 0.560. The molecule has 0 fully saturated rings. The van der Waals surface area contributed by atoms with Crippen LogP contribution in [0.1, 0.15) is 20.8 Å². The van der Waals surface area contributed by atoms with Crippen molar-refractivity contribution >= 4 is 0 Å². The van der Waals surface area contributed by atoms with Crippen LogP contribution in [0.5, 0.6) is 0 Å². The van der Waals surface area contributed by atoms with Crippen LogP contribution in [0.3, 0.4) is 0 Å². The van der Waals surface area contributed by atoms with Crippen LogP contribution in [0.15, 0.2) is 36.2 Å². The summed E-state index contributed by atoms with van der Waals surface area (Å²) in [6.07, 6.45) is 6.03. The smallest absolute Gasteiger partial charge is 0.0329 e. The van der Waals surface area contributed by atoms with Crippen molar-refractivity contribution in [2.24, 2.45) is 0 Å². The summed E-state index contributed by atoms with van der Waals surface area (Å²) in [7, 11) is 1.99. The van der Waals surface area contributed by atoms with Gasteiger partial charge in [-0.3, -0.25) is 0 Å².